The lowest BCUT2D eigenvalue weighted by Crippen LogP contribution is -2.27. The first-order valence-corrected chi connectivity index (χ1v) is 7.75. The minimum atomic E-state index is -0.836. The average Bonchev–Trinajstić information content (AvgIpc) is 2.52. The van der Waals surface area contributed by atoms with Crippen molar-refractivity contribution in [2.45, 2.75) is 19.9 Å². The number of ketones is 1. The molecule has 0 aromatic carbocycles. The molecule has 1 atom stereocenters. The maximum absolute atomic E-state index is 12.5. The number of aliphatic hydroxyl groups excluding tert-OH is 1. The van der Waals surface area contributed by atoms with Gasteiger partial charge in [-0.2, -0.15) is 0 Å². The first-order valence-electron chi connectivity index (χ1n) is 6.61. The smallest absolute Gasteiger partial charge is 0.343 e. The summed E-state index contributed by atoms with van der Waals surface area (Å²) < 4.78 is 4.85. The lowest BCUT2D eigenvalue weighted by atomic mass is 10.1. The molecule has 1 aromatic rings. The predicted octanol–water partition coefficient (Wildman–Crippen LogP) is 2.64. The summed E-state index contributed by atoms with van der Waals surface area (Å²) in [6.45, 7) is 3.18. The van der Waals surface area contributed by atoms with Crippen LogP contribution < -0.4 is 5.32 Å². The number of hydrogen-bond donors (Lipinski definition) is 2. The Morgan fingerprint density at radius 2 is 2.04 bits per heavy atom. The molecule has 6 nitrogen and oxygen atoms in total. The molecule has 0 aliphatic carbocycles. The SMILES string of the molecule is CCOC(=O)C(=CNC(C)CO)C(=O)c1cnc(Cl)c(Cl)c1Cl. The zero-order valence-corrected chi connectivity index (χ0v) is 14.7. The van der Waals surface area contributed by atoms with Crippen LogP contribution >= 0.6 is 34.8 Å². The summed E-state index contributed by atoms with van der Waals surface area (Å²) >= 11 is 17.6. The van der Waals surface area contributed by atoms with Crippen molar-refractivity contribution < 1.29 is 19.4 Å². The highest BCUT2D eigenvalue weighted by Crippen LogP contribution is 2.32. The molecule has 0 saturated heterocycles. The number of Topliss-reactive ketones (excluding diaryl/α,β-unsaturated/α-hetero) is 1. The number of aromatic nitrogens is 1. The summed E-state index contributed by atoms with van der Waals surface area (Å²) in [7, 11) is 0. The zero-order valence-electron chi connectivity index (χ0n) is 12.4. The Morgan fingerprint density at radius 3 is 2.61 bits per heavy atom. The molecule has 0 amide bonds. The van der Waals surface area contributed by atoms with E-state index in [1.165, 1.54) is 6.20 Å². The Hall–Kier alpha value is -1.34. The fraction of sp³-hybridized carbons (Fsp3) is 0.357. The number of hydrogen-bond acceptors (Lipinski definition) is 6. The Labute approximate surface area is 148 Å². The van der Waals surface area contributed by atoms with E-state index in [0.717, 1.165) is 6.20 Å². The third-order valence-corrected chi connectivity index (χ3v) is 3.93. The van der Waals surface area contributed by atoms with Crippen molar-refractivity contribution in [3.63, 3.8) is 0 Å². The van der Waals surface area contributed by atoms with Crippen molar-refractivity contribution in [3.8, 4) is 0 Å². The summed E-state index contributed by atoms with van der Waals surface area (Å²) in [4.78, 5) is 28.3. The summed E-state index contributed by atoms with van der Waals surface area (Å²) in [5, 5.41) is 11.5. The lowest BCUT2D eigenvalue weighted by molar-refractivity contribution is -0.138. The maximum Gasteiger partial charge on any atom is 0.343 e. The van der Waals surface area contributed by atoms with Gasteiger partial charge in [-0.3, -0.25) is 4.79 Å². The molecule has 0 bridgehead atoms. The fourth-order valence-electron chi connectivity index (χ4n) is 1.45. The third-order valence-electron chi connectivity index (χ3n) is 2.69. The van der Waals surface area contributed by atoms with Crippen molar-refractivity contribution in [3.05, 3.63) is 38.7 Å². The average molecular weight is 382 g/mol. The Kier molecular flexibility index (Phi) is 7.78. The molecule has 0 aliphatic heterocycles. The van der Waals surface area contributed by atoms with Gasteiger partial charge < -0.3 is 15.2 Å². The number of carbonyl (C=O) groups is 2. The van der Waals surface area contributed by atoms with E-state index >= 15 is 0 Å². The van der Waals surface area contributed by atoms with E-state index in [1.54, 1.807) is 13.8 Å². The molecule has 0 radical (unpaired) electrons. The second kappa shape index (κ2) is 9.08. The van der Waals surface area contributed by atoms with Crippen molar-refractivity contribution in [2.24, 2.45) is 0 Å². The molecule has 1 rings (SSSR count). The van der Waals surface area contributed by atoms with Crippen molar-refractivity contribution >= 4 is 46.6 Å². The molecule has 1 aromatic heterocycles. The first kappa shape index (κ1) is 19.7. The second-order valence-corrected chi connectivity index (χ2v) is 5.56. The van der Waals surface area contributed by atoms with Gasteiger partial charge in [0, 0.05) is 18.4 Å². The van der Waals surface area contributed by atoms with Crippen LogP contribution in [-0.2, 0) is 9.53 Å². The topological polar surface area (TPSA) is 88.5 Å². The number of esters is 1. The van der Waals surface area contributed by atoms with E-state index in [9.17, 15) is 9.59 Å². The number of ether oxygens (including phenoxy) is 1. The maximum atomic E-state index is 12.5. The van der Waals surface area contributed by atoms with Gasteiger partial charge >= 0.3 is 5.97 Å². The monoisotopic (exact) mass is 380 g/mol. The van der Waals surface area contributed by atoms with Crippen LogP contribution in [-0.4, -0.2) is 41.1 Å². The summed E-state index contributed by atoms with van der Waals surface area (Å²) in [6, 6.07) is -0.366. The van der Waals surface area contributed by atoms with Crippen LogP contribution in [0.4, 0.5) is 0 Å². The summed E-state index contributed by atoms with van der Waals surface area (Å²) in [5.74, 6) is -1.56. The Balaban J connectivity index is 3.23. The molecular formula is C14H15Cl3N2O4. The highest BCUT2D eigenvalue weighted by molar-refractivity contribution is 6.49. The number of pyridine rings is 1. The van der Waals surface area contributed by atoms with Crippen molar-refractivity contribution in [2.75, 3.05) is 13.2 Å². The number of rotatable bonds is 7. The number of halogens is 3. The standard InChI is InChI=1S/C14H15Cl3N2O4/c1-3-23-14(22)9(5-18-7(2)6-20)12(21)8-4-19-13(17)11(16)10(8)15/h4-5,7,18,20H,3,6H2,1-2H3. The summed E-state index contributed by atoms with van der Waals surface area (Å²) in [5.41, 5.74) is -0.381. The number of nitrogens with zero attached hydrogens (tertiary/aromatic N) is 1. The molecule has 0 fully saturated rings. The molecule has 1 unspecified atom stereocenters. The molecule has 0 saturated carbocycles. The van der Waals surface area contributed by atoms with E-state index < -0.39 is 11.8 Å². The summed E-state index contributed by atoms with van der Waals surface area (Å²) in [6.07, 6.45) is 2.29. The van der Waals surface area contributed by atoms with Gasteiger partial charge in [0.15, 0.2) is 0 Å². The molecule has 23 heavy (non-hydrogen) atoms. The highest BCUT2D eigenvalue weighted by Gasteiger charge is 2.25. The van der Waals surface area contributed by atoms with Gasteiger partial charge in [-0.15, -0.1) is 0 Å². The zero-order chi connectivity index (χ0) is 17.6. The van der Waals surface area contributed by atoms with E-state index in [0.29, 0.717) is 0 Å². The molecule has 9 heteroatoms. The van der Waals surface area contributed by atoms with E-state index in [4.69, 9.17) is 44.6 Å². The fourth-order valence-corrected chi connectivity index (χ4v) is 2.02. The van der Waals surface area contributed by atoms with Crippen LogP contribution in [0.2, 0.25) is 15.2 Å². The number of carbonyl (C=O) groups excluding carboxylic acids is 2. The third kappa shape index (κ3) is 5.07. The lowest BCUT2D eigenvalue weighted by Gasteiger charge is -2.12. The van der Waals surface area contributed by atoms with Gasteiger partial charge in [-0.1, -0.05) is 34.8 Å². The van der Waals surface area contributed by atoms with Gasteiger partial charge in [0.2, 0.25) is 5.78 Å². The van der Waals surface area contributed by atoms with Crippen LogP contribution in [0.15, 0.2) is 18.0 Å². The van der Waals surface area contributed by atoms with Gasteiger partial charge in [0.25, 0.3) is 0 Å². The predicted molar refractivity (Wildman–Crippen MR) is 88.0 cm³/mol. The van der Waals surface area contributed by atoms with Crippen molar-refractivity contribution in [1.82, 2.24) is 10.3 Å². The van der Waals surface area contributed by atoms with Gasteiger partial charge in [0.1, 0.15) is 10.7 Å². The molecule has 0 spiro atoms. The Bertz CT molecular complexity index is 635. The van der Waals surface area contributed by atoms with Crippen LogP contribution in [0, 0.1) is 0 Å². The van der Waals surface area contributed by atoms with Gasteiger partial charge in [-0.25, -0.2) is 9.78 Å². The van der Waals surface area contributed by atoms with Crippen LogP contribution in [0.5, 0.6) is 0 Å². The van der Waals surface area contributed by atoms with E-state index in [-0.39, 0.29) is 45.6 Å². The van der Waals surface area contributed by atoms with Crippen molar-refractivity contribution in [1.29, 1.82) is 0 Å². The van der Waals surface area contributed by atoms with Gasteiger partial charge in [0.05, 0.1) is 28.8 Å². The molecule has 126 valence electrons. The molecule has 2 N–H and O–H groups in total. The van der Waals surface area contributed by atoms with Crippen LogP contribution in [0.1, 0.15) is 24.2 Å². The van der Waals surface area contributed by atoms with E-state index in [2.05, 4.69) is 10.3 Å². The highest BCUT2D eigenvalue weighted by atomic mass is 35.5. The number of nitrogens with one attached hydrogen (secondary N) is 1. The minimum Gasteiger partial charge on any atom is -0.462 e. The van der Waals surface area contributed by atoms with Crippen LogP contribution in [0.3, 0.4) is 0 Å². The Morgan fingerprint density at radius 1 is 1.39 bits per heavy atom. The normalized spacial score (nSPS) is 12.7. The van der Waals surface area contributed by atoms with E-state index in [1.807, 2.05) is 0 Å². The largest absolute Gasteiger partial charge is 0.462 e. The number of aliphatic hydroxyl groups is 1. The van der Waals surface area contributed by atoms with Gasteiger partial charge in [-0.05, 0) is 13.8 Å². The minimum absolute atomic E-state index is 0.0538. The quantitative estimate of drug-likeness (QED) is 0.188. The second-order valence-electron chi connectivity index (χ2n) is 4.45. The van der Waals surface area contributed by atoms with Crippen LogP contribution in [0.25, 0.3) is 0 Å². The first-order chi connectivity index (χ1) is 10.8. The molecule has 0 aliphatic rings. The molecule has 1 heterocycles. The molecular weight excluding hydrogens is 367 g/mol.